The molecule has 0 N–H and O–H groups in total. The molecule has 1 fully saturated rings. The molecule has 0 saturated heterocycles. The molecule has 0 atom stereocenters. The van der Waals surface area contributed by atoms with E-state index in [0.717, 1.165) is 12.8 Å². The van der Waals surface area contributed by atoms with Crippen LogP contribution in [0.1, 0.15) is 42.2 Å². The van der Waals surface area contributed by atoms with Crippen molar-refractivity contribution in [2.75, 3.05) is 0 Å². The molecule has 72 valence electrons. The second-order valence-electron chi connectivity index (χ2n) is 3.50. The fourth-order valence-electron chi connectivity index (χ4n) is 1.46. The molecule has 1 aliphatic rings. The summed E-state index contributed by atoms with van der Waals surface area (Å²) in [6, 6.07) is 2.45. The highest BCUT2D eigenvalue weighted by molar-refractivity contribution is 5.94. The summed E-state index contributed by atoms with van der Waals surface area (Å²) in [5.74, 6) is 0.0240. The third kappa shape index (κ3) is 1.67. The Kier molecular flexibility index (Phi) is 2.32. The summed E-state index contributed by atoms with van der Waals surface area (Å²) >= 11 is 0. The number of ketones is 1. The molecule has 1 aliphatic carbocycles. The number of imidazole rings is 1. The van der Waals surface area contributed by atoms with Crippen LogP contribution in [0.4, 0.5) is 0 Å². The number of nitrogens with zero attached hydrogens (tertiary/aromatic N) is 3. The quantitative estimate of drug-likeness (QED) is 0.677. The Labute approximate surface area is 82.2 Å². The van der Waals surface area contributed by atoms with E-state index in [-0.39, 0.29) is 12.2 Å². The number of carbonyl (C=O) groups excluding carboxylic acids is 1. The molecule has 0 spiro atoms. The van der Waals surface area contributed by atoms with Crippen LogP contribution in [-0.4, -0.2) is 15.3 Å². The van der Waals surface area contributed by atoms with Crippen molar-refractivity contribution in [1.82, 2.24) is 9.55 Å². The largest absolute Gasteiger partial charge is 0.325 e. The van der Waals surface area contributed by atoms with Crippen molar-refractivity contribution in [2.24, 2.45) is 0 Å². The van der Waals surface area contributed by atoms with Crippen LogP contribution in [0.2, 0.25) is 0 Å². The fourth-order valence-corrected chi connectivity index (χ4v) is 1.46. The highest BCUT2D eigenvalue weighted by atomic mass is 16.1. The van der Waals surface area contributed by atoms with Crippen molar-refractivity contribution in [3.63, 3.8) is 0 Å². The molecule has 0 amide bonds. The lowest BCUT2D eigenvalue weighted by Gasteiger charge is -2.03. The van der Waals surface area contributed by atoms with Gasteiger partial charge in [0.1, 0.15) is 5.69 Å². The predicted molar refractivity (Wildman–Crippen MR) is 49.7 cm³/mol. The maximum absolute atomic E-state index is 11.6. The SMILES string of the molecule is N#CCCC(=O)c1cncn1C1CC1. The highest BCUT2D eigenvalue weighted by Gasteiger charge is 2.26. The van der Waals surface area contributed by atoms with Gasteiger partial charge in [0.15, 0.2) is 5.78 Å². The van der Waals surface area contributed by atoms with Gasteiger partial charge in [0, 0.05) is 18.9 Å². The molecule has 2 rings (SSSR count). The Morgan fingerprint density at radius 1 is 1.71 bits per heavy atom. The van der Waals surface area contributed by atoms with E-state index in [1.807, 2.05) is 10.6 Å². The normalized spacial score (nSPS) is 15.1. The molecule has 14 heavy (non-hydrogen) atoms. The molecule has 1 aromatic rings. The van der Waals surface area contributed by atoms with E-state index in [1.54, 1.807) is 12.5 Å². The van der Waals surface area contributed by atoms with E-state index in [0.29, 0.717) is 18.2 Å². The van der Waals surface area contributed by atoms with E-state index >= 15 is 0 Å². The first-order chi connectivity index (χ1) is 6.83. The topological polar surface area (TPSA) is 58.7 Å². The molecular weight excluding hydrogens is 178 g/mol. The van der Waals surface area contributed by atoms with E-state index < -0.39 is 0 Å². The van der Waals surface area contributed by atoms with Crippen LogP contribution >= 0.6 is 0 Å². The third-order valence-electron chi connectivity index (χ3n) is 2.36. The lowest BCUT2D eigenvalue weighted by atomic mass is 10.2. The van der Waals surface area contributed by atoms with E-state index in [2.05, 4.69) is 4.98 Å². The number of rotatable bonds is 4. The summed E-state index contributed by atoms with van der Waals surface area (Å²) in [4.78, 5) is 15.6. The molecule has 4 heteroatoms. The summed E-state index contributed by atoms with van der Waals surface area (Å²) in [6.07, 6.45) is 6.16. The number of aromatic nitrogens is 2. The Bertz CT molecular complexity index is 384. The summed E-state index contributed by atoms with van der Waals surface area (Å²) in [6.45, 7) is 0. The van der Waals surface area contributed by atoms with Crippen LogP contribution in [0.5, 0.6) is 0 Å². The van der Waals surface area contributed by atoms with Crippen LogP contribution in [-0.2, 0) is 0 Å². The van der Waals surface area contributed by atoms with Gasteiger partial charge in [-0.3, -0.25) is 4.79 Å². The van der Waals surface area contributed by atoms with Crippen molar-refractivity contribution < 1.29 is 4.79 Å². The van der Waals surface area contributed by atoms with E-state index in [1.165, 1.54) is 0 Å². The molecular formula is C10H11N3O. The molecule has 0 unspecified atom stereocenters. The summed E-state index contributed by atoms with van der Waals surface area (Å²) in [7, 11) is 0. The maximum Gasteiger partial charge on any atom is 0.181 e. The summed E-state index contributed by atoms with van der Waals surface area (Å²) in [5, 5.41) is 8.38. The van der Waals surface area contributed by atoms with Gasteiger partial charge in [0.25, 0.3) is 0 Å². The van der Waals surface area contributed by atoms with Crippen molar-refractivity contribution in [3.05, 3.63) is 18.2 Å². The molecule has 4 nitrogen and oxygen atoms in total. The van der Waals surface area contributed by atoms with Gasteiger partial charge >= 0.3 is 0 Å². The molecule has 0 aliphatic heterocycles. The number of hydrogen-bond donors (Lipinski definition) is 0. The van der Waals surface area contributed by atoms with Gasteiger partial charge in [-0.2, -0.15) is 5.26 Å². The fraction of sp³-hybridized carbons (Fsp3) is 0.500. The lowest BCUT2D eigenvalue weighted by Crippen LogP contribution is -2.06. The average molecular weight is 189 g/mol. The Balaban J connectivity index is 2.11. The highest BCUT2D eigenvalue weighted by Crippen LogP contribution is 2.35. The summed E-state index contributed by atoms with van der Waals surface area (Å²) in [5.41, 5.74) is 0.655. The van der Waals surface area contributed by atoms with Crippen LogP contribution < -0.4 is 0 Å². The van der Waals surface area contributed by atoms with E-state index in [4.69, 9.17) is 5.26 Å². The Morgan fingerprint density at radius 2 is 2.50 bits per heavy atom. The monoisotopic (exact) mass is 189 g/mol. The molecule has 1 saturated carbocycles. The standard InChI is InChI=1S/C10H11N3O/c11-5-1-2-10(14)9-6-12-7-13(9)8-3-4-8/h6-8H,1-4H2. The minimum atomic E-state index is 0.0240. The first kappa shape index (κ1) is 8.95. The zero-order valence-electron chi connectivity index (χ0n) is 7.81. The smallest absolute Gasteiger partial charge is 0.181 e. The Hall–Kier alpha value is -1.63. The first-order valence-corrected chi connectivity index (χ1v) is 4.75. The van der Waals surface area contributed by atoms with Crippen LogP contribution in [0.3, 0.4) is 0 Å². The predicted octanol–water partition coefficient (Wildman–Crippen LogP) is 1.70. The van der Waals surface area contributed by atoms with Crippen LogP contribution in [0, 0.1) is 11.3 Å². The number of nitriles is 1. The molecule has 1 heterocycles. The third-order valence-corrected chi connectivity index (χ3v) is 2.36. The summed E-state index contributed by atoms with van der Waals surface area (Å²) < 4.78 is 1.93. The lowest BCUT2D eigenvalue weighted by molar-refractivity contribution is 0.0975. The molecule has 0 aromatic carbocycles. The Morgan fingerprint density at radius 3 is 3.14 bits per heavy atom. The average Bonchev–Trinajstić information content (AvgIpc) is 2.93. The number of hydrogen-bond acceptors (Lipinski definition) is 3. The van der Waals surface area contributed by atoms with Crippen molar-refractivity contribution in [1.29, 1.82) is 5.26 Å². The second-order valence-corrected chi connectivity index (χ2v) is 3.50. The molecule has 0 bridgehead atoms. The molecule has 1 aromatic heterocycles. The minimum absolute atomic E-state index is 0.0240. The van der Waals surface area contributed by atoms with Gasteiger partial charge in [-0.15, -0.1) is 0 Å². The van der Waals surface area contributed by atoms with Crippen LogP contribution in [0.25, 0.3) is 0 Å². The van der Waals surface area contributed by atoms with Gasteiger partial charge in [-0.25, -0.2) is 4.98 Å². The van der Waals surface area contributed by atoms with Crippen molar-refractivity contribution >= 4 is 5.78 Å². The second kappa shape index (κ2) is 3.62. The van der Waals surface area contributed by atoms with Gasteiger partial charge in [0.05, 0.1) is 18.6 Å². The van der Waals surface area contributed by atoms with Gasteiger partial charge in [-0.05, 0) is 12.8 Å². The van der Waals surface area contributed by atoms with Gasteiger partial charge < -0.3 is 4.57 Å². The molecule has 0 radical (unpaired) electrons. The van der Waals surface area contributed by atoms with E-state index in [9.17, 15) is 4.79 Å². The van der Waals surface area contributed by atoms with Gasteiger partial charge in [0.2, 0.25) is 0 Å². The zero-order chi connectivity index (χ0) is 9.97. The number of Topliss-reactive ketones (excluding diaryl/α,β-unsaturated/α-hetero) is 1. The van der Waals surface area contributed by atoms with Crippen molar-refractivity contribution in [3.8, 4) is 6.07 Å². The minimum Gasteiger partial charge on any atom is -0.325 e. The van der Waals surface area contributed by atoms with Crippen LogP contribution in [0.15, 0.2) is 12.5 Å². The zero-order valence-corrected chi connectivity index (χ0v) is 7.81. The van der Waals surface area contributed by atoms with Gasteiger partial charge in [-0.1, -0.05) is 0 Å². The maximum atomic E-state index is 11.6. The van der Waals surface area contributed by atoms with Crippen molar-refractivity contribution in [2.45, 2.75) is 31.7 Å². The first-order valence-electron chi connectivity index (χ1n) is 4.75. The number of carbonyl (C=O) groups is 1.